The van der Waals surface area contributed by atoms with E-state index >= 15 is 0 Å². The highest BCUT2D eigenvalue weighted by atomic mass is 35.5. The highest BCUT2D eigenvalue weighted by Gasteiger charge is 2.17. The monoisotopic (exact) mass is 366 g/mol. The smallest absolute Gasteiger partial charge is 0.239 e. The highest BCUT2D eigenvalue weighted by Crippen LogP contribution is 2.23. The van der Waals surface area contributed by atoms with Crippen LogP contribution in [0.3, 0.4) is 0 Å². The summed E-state index contributed by atoms with van der Waals surface area (Å²) >= 11 is 5.40. The zero-order valence-electron chi connectivity index (χ0n) is 12.7. The van der Waals surface area contributed by atoms with Crippen LogP contribution in [0.1, 0.15) is 6.92 Å². The fourth-order valence-electron chi connectivity index (χ4n) is 1.97. The van der Waals surface area contributed by atoms with Crippen LogP contribution in [0.4, 0.5) is 11.4 Å². The summed E-state index contributed by atoms with van der Waals surface area (Å²) in [5.74, 6) is -0.790. The van der Waals surface area contributed by atoms with Crippen molar-refractivity contribution < 1.29 is 18.0 Å². The fraction of sp³-hybridized carbons (Fsp3) is 0.125. The molecule has 0 aliphatic heterocycles. The average molecular weight is 367 g/mol. The number of carbonyl (C=O) groups excluding carboxylic acids is 2. The summed E-state index contributed by atoms with van der Waals surface area (Å²) in [7, 11) is -3.69. The molecule has 126 valence electrons. The molecule has 2 N–H and O–H groups in total. The number of hydrogen-bond donors (Lipinski definition) is 2. The van der Waals surface area contributed by atoms with Crippen molar-refractivity contribution in [2.24, 2.45) is 0 Å². The summed E-state index contributed by atoms with van der Waals surface area (Å²) in [6.45, 7) is 1.37. The molecule has 8 heteroatoms. The fourth-order valence-corrected chi connectivity index (χ4v) is 3.30. The third-order valence-corrected chi connectivity index (χ3v) is 5.08. The second-order valence-electron chi connectivity index (χ2n) is 4.92. The van der Waals surface area contributed by atoms with Crippen LogP contribution in [-0.4, -0.2) is 26.1 Å². The van der Waals surface area contributed by atoms with Crippen LogP contribution in [0.25, 0.3) is 0 Å². The molecule has 0 aliphatic carbocycles. The van der Waals surface area contributed by atoms with Crippen molar-refractivity contribution in [3.63, 3.8) is 0 Å². The van der Waals surface area contributed by atoms with Gasteiger partial charge in [0.15, 0.2) is 0 Å². The summed E-state index contributed by atoms with van der Waals surface area (Å²) < 4.78 is 25.1. The first-order valence-corrected chi connectivity index (χ1v) is 8.93. The van der Waals surface area contributed by atoms with E-state index in [0.29, 0.717) is 11.4 Å². The molecular formula is C16H15ClN2O4S. The van der Waals surface area contributed by atoms with Crippen molar-refractivity contribution in [3.05, 3.63) is 48.5 Å². The molecule has 0 radical (unpaired) electrons. The highest BCUT2D eigenvalue weighted by molar-refractivity contribution is 7.91. The maximum Gasteiger partial charge on any atom is 0.239 e. The maximum absolute atomic E-state index is 12.6. The minimum atomic E-state index is -3.69. The molecule has 0 fully saturated rings. The molecular weight excluding hydrogens is 352 g/mol. The number of amides is 2. The molecule has 0 heterocycles. The van der Waals surface area contributed by atoms with E-state index < -0.39 is 9.84 Å². The molecule has 24 heavy (non-hydrogen) atoms. The zero-order valence-corrected chi connectivity index (χ0v) is 14.3. The lowest BCUT2D eigenvalue weighted by atomic mass is 10.3. The van der Waals surface area contributed by atoms with Gasteiger partial charge in [0, 0.05) is 18.3 Å². The van der Waals surface area contributed by atoms with Gasteiger partial charge in [-0.15, -0.1) is 11.6 Å². The predicted octanol–water partition coefficient (Wildman–Crippen LogP) is 2.66. The Bertz CT molecular complexity index is 847. The summed E-state index contributed by atoms with van der Waals surface area (Å²) in [6.07, 6.45) is 0. The van der Waals surface area contributed by atoms with Crippen LogP contribution < -0.4 is 10.6 Å². The second kappa shape index (κ2) is 7.46. The van der Waals surface area contributed by atoms with E-state index in [2.05, 4.69) is 10.6 Å². The van der Waals surface area contributed by atoms with Gasteiger partial charge in [0.2, 0.25) is 21.7 Å². The molecule has 0 aromatic heterocycles. The summed E-state index contributed by atoms with van der Waals surface area (Å²) in [4.78, 5) is 22.4. The lowest BCUT2D eigenvalue weighted by Gasteiger charge is -2.08. The van der Waals surface area contributed by atoms with Gasteiger partial charge in [0.25, 0.3) is 0 Å². The third-order valence-electron chi connectivity index (χ3n) is 3.05. The van der Waals surface area contributed by atoms with E-state index in [1.54, 1.807) is 0 Å². The standard InChI is InChI=1S/C16H15ClN2O4S/c1-11(20)18-12-2-6-14(7-3-12)24(22,23)15-8-4-13(5-9-15)19-16(21)10-17/h2-9H,10H2,1H3,(H,18,20)(H,19,21). The van der Waals surface area contributed by atoms with Crippen LogP contribution in [0.2, 0.25) is 0 Å². The number of hydrogen-bond acceptors (Lipinski definition) is 4. The Balaban J connectivity index is 2.23. The average Bonchev–Trinajstić information content (AvgIpc) is 2.55. The Morgan fingerprint density at radius 2 is 1.29 bits per heavy atom. The number of halogens is 1. The Labute approximate surface area is 144 Å². The molecule has 6 nitrogen and oxygen atoms in total. The first-order valence-electron chi connectivity index (χ1n) is 6.91. The molecule has 2 aromatic rings. The minimum Gasteiger partial charge on any atom is -0.326 e. The maximum atomic E-state index is 12.6. The normalized spacial score (nSPS) is 10.9. The molecule has 0 spiro atoms. The lowest BCUT2D eigenvalue weighted by Crippen LogP contribution is -2.12. The largest absolute Gasteiger partial charge is 0.326 e. The summed E-state index contributed by atoms with van der Waals surface area (Å²) in [5.41, 5.74) is 0.973. The lowest BCUT2D eigenvalue weighted by molar-refractivity contribution is -0.114. The van der Waals surface area contributed by atoms with Gasteiger partial charge in [-0.05, 0) is 48.5 Å². The molecule has 2 rings (SSSR count). The number of anilines is 2. The molecule has 2 amide bonds. The van der Waals surface area contributed by atoms with Crippen LogP contribution in [0.5, 0.6) is 0 Å². The zero-order chi connectivity index (χ0) is 17.7. The van der Waals surface area contributed by atoms with Crippen molar-refractivity contribution >= 4 is 44.6 Å². The predicted molar refractivity (Wildman–Crippen MR) is 92.0 cm³/mol. The van der Waals surface area contributed by atoms with E-state index in [4.69, 9.17) is 11.6 Å². The van der Waals surface area contributed by atoms with Gasteiger partial charge in [0.05, 0.1) is 9.79 Å². The first kappa shape index (κ1) is 18.0. The van der Waals surface area contributed by atoms with E-state index in [0.717, 1.165) is 0 Å². The number of rotatable bonds is 5. The van der Waals surface area contributed by atoms with Crippen molar-refractivity contribution in [3.8, 4) is 0 Å². The summed E-state index contributed by atoms with van der Waals surface area (Å²) in [6, 6.07) is 11.7. The molecule has 0 atom stereocenters. The SMILES string of the molecule is CC(=O)Nc1ccc(S(=O)(=O)c2ccc(NC(=O)CCl)cc2)cc1. The van der Waals surface area contributed by atoms with Gasteiger partial charge in [-0.2, -0.15) is 0 Å². The van der Waals surface area contributed by atoms with Crippen molar-refractivity contribution in [1.29, 1.82) is 0 Å². The molecule has 0 aliphatic rings. The minimum absolute atomic E-state index is 0.0960. The van der Waals surface area contributed by atoms with Gasteiger partial charge in [0.1, 0.15) is 5.88 Å². The first-order chi connectivity index (χ1) is 11.3. The number of nitrogens with one attached hydrogen (secondary N) is 2. The van der Waals surface area contributed by atoms with E-state index in [-0.39, 0.29) is 27.5 Å². The topological polar surface area (TPSA) is 92.3 Å². The molecule has 0 unspecified atom stereocenters. The van der Waals surface area contributed by atoms with Crippen LogP contribution in [-0.2, 0) is 19.4 Å². The summed E-state index contributed by atoms with van der Waals surface area (Å²) in [5, 5.41) is 5.10. The number of sulfone groups is 1. The van der Waals surface area contributed by atoms with Gasteiger partial charge in [-0.1, -0.05) is 0 Å². The van der Waals surface area contributed by atoms with Gasteiger partial charge in [-0.25, -0.2) is 8.42 Å². The van der Waals surface area contributed by atoms with Crippen molar-refractivity contribution in [1.82, 2.24) is 0 Å². The van der Waals surface area contributed by atoms with Crippen LogP contribution in [0.15, 0.2) is 58.3 Å². The van der Waals surface area contributed by atoms with E-state index in [9.17, 15) is 18.0 Å². The quantitative estimate of drug-likeness (QED) is 0.795. The Kier molecular flexibility index (Phi) is 5.58. The Hall–Kier alpha value is -2.38. The van der Waals surface area contributed by atoms with Gasteiger partial charge < -0.3 is 10.6 Å². The number of carbonyl (C=O) groups is 2. The van der Waals surface area contributed by atoms with E-state index in [1.165, 1.54) is 55.5 Å². The third kappa shape index (κ3) is 4.33. The Morgan fingerprint density at radius 1 is 0.875 bits per heavy atom. The van der Waals surface area contributed by atoms with Crippen LogP contribution >= 0.6 is 11.6 Å². The molecule has 0 saturated heterocycles. The number of alkyl halides is 1. The van der Waals surface area contributed by atoms with Gasteiger partial charge >= 0.3 is 0 Å². The second-order valence-corrected chi connectivity index (χ2v) is 7.13. The number of benzene rings is 2. The van der Waals surface area contributed by atoms with Crippen molar-refractivity contribution in [2.45, 2.75) is 16.7 Å². The molecule has 0 saturated carbocycles. The van der Waals surface area contributed by atoms with Crippen molar-refractivity contribution in [2.75, 3.05) is 16.5 Å². The Morgan fingerprint density at radius 3 is 1.67 bits per heavy atom. The molecule has 2 aromatic carbocycles. The van der Waals surface area contributed by atoms with Gasteiger partial charge in [-0.3, -0.25) is 9.59 Å². The molecule has 0 bridgehead atoms. The van der Waals surface area contributed by atoms with Crippen LogP contribution in [0, 0.1) is 0 Å². The van der Waals surface area contributed by atoms with E-state index in [1.807, 2.05) is 0 Å².